The Morgan fingerprint density at radius 1 is 1.32 bits per heavy atom. The van der Waals surface area contributed by atoms with Gasteiger partial charge in [0.25, 0.3) is 5.56 Å². The summed E-state index contributed by atoms with van der Waals surface area (Å²) in [6.07, 6.45) is 6.50. The summed E-state index contributed by atoms with van der Waals surface area (Å²) in [4.78, 5) is 27.1. The summed E-state index contributed by atoms with van der Waals surface area (Å²) in [6, 6.07) is 3.46. The number of rotatable bonds is 4. The summed E-state index contributed by atoms with van der Waals surface area (Å²) < 4.78 is 1.89. The second kappa shape index (κ2) is 6.38. The van der Waals surface area contributed by atoms with E-state index in [1.807, 2.05) is 17.8 Å². The first-order chi connectivity index (χ1) is 12.1. The number of aromatic amines is 1. The molecule has 2 aliphatic carbocycles. The maximum absolute atomic E-state index is 12.1. The van der Waals surface area contributed by atoms with E-state index in [1.165, 1.54) is 18.5 Å². The minimum Gasteiger partial charge on any atom is -0.332 e. The number of anilines is 1. The monoisotopic (exact) mass is 341 g/mol. The number of carbonyl (C=O) groups is 1. The first kappa shape index (κ1) is 15.9. The predicted octanol–water partition coefficient (Wildman–Crippen LogP) is 2.19. The third kappa shape index (κ3) is 3.45. The van der Waals surface area contributed by atoms with Gasteiger partial charge in [-0.2, -0.15) is 5.10 Å². The first-order valence-electron chi connectivity index (χ1n) is 8.93. The van der Waals surface area contributed by atoms with Crippen LogP contribution in [0.2, 0.25) is 0 Å². The van der Waals surface area contributed by atoms with Gasteiger partial charge in [-0.3, -0.25) is 9.48 Å². The highest BCUT2D eigenvalue weighted by Crippen LogP contribution is 2.39. The number of aromatic nitrogens is 3. The van der Waals surface area contributed by atoms with Gasteiger partial charge in [-0.05, 0) is 56.2 Å². The van der Waals surface area contributed by atoms with E-state index < -0.39 is 0 Å². The number of carbonyl (C=O) groups excluding carboxylic acids is 1. The molecule has 0 saturated heterocycles. The minimum absolute atomic E-state index is 0.246. The van der Waals surface area contributed by atoms with Crippen molar-refractivity contribution in [2.24, 2.45) is 7.05 Å². The highest BCUT2D eigenvalue weighted by molar-refractivity contribution is 5.89. The molecule has 0 atom stereocenters. The molecule has 0 aromatic carbocycles. The summed E-state index contributed by atoms with van der Waals surface area (Å²) in [6.45, 7) is 0.342. The summed E-state index contributed by atoms with van der Waals surface area (Å²) in [7, 11) is 1.93. The number of nitrogens with zero attached hydrogens (tertiary/aromatic N) is 2. The SMILES string of the molecule is Cn1nc(CNC(=O)Nc2cc3c([nH]c2=O)CCCC3)cc1C1CC1. The molecule has 7 heteroatoms. The van der Waals surface area contributed by atoms with Crippen LogP contribution < -0.4 is 16.2 Å². The van der Waals surface area contributed by atoms with Gasteiger partial charge in [0.1, 0.15) is 5.69 Å². The Bertz CT molecular complexity index is 863. The fraction of sp³-hybridized carbons (Fsp3) is 0.500. The Morgan fingerprint density at radius 2 is 2.12 bits per heavy atom. The molecule has 1 fully saturated rings. The molecule has 2 aliphatic rings. The zero-order valence-electron chi connectivity index (χ0n) is 14.4. The largest absolute Gasteiger partial charge is 0.332 e. The van der Waals surface area contributed by atoms with Gasteiger partial charge in [-0.25, -0.2) is 4.79 Å². The lowest BCUT2D eigenvalue weighted by molar-refractivity contribution is 0.251. The Kier molecular flexibility index (Phi) is 4.07. The number of urea groups is 1. The molecule has 2 aromatic rings. The van der Waals surface area contributed by atoms with Crippen LogP contribution in [0, 0.1) is 0 Å². The first-order valence-corrected chi connectivity index (χ1v) is 8.93. The number of aryl methyl sites for hydroxylation is 3. The molecular weight excluding hydrogens is 318 g/mol. The number of H-pyrrole nitrogens is 1. The van der Waals surface area contributed by atoms with Crippen molar-refractivity contribution in [3.63, 3.8) is 0 Å². The highest BCUT2D eigenvalue weighted by Gasteiger charge is 2.27. The van der Waals surface area contributed by atoms with Crippen LogP contribution >= 0.6 is 0 Å². The van der Waals surface area contributed by atoms with E-state index in [0.717, 1.165) is 42.6 Å². The van der Waals surface area contributed by atoms with Crippen LogP contribution in [0.1, 0.15) is 54.2 Å². The van der Waals surface area contributed by atoms with E-state index in [-0.39, 0.29) is 11.6 Å². The van der Waals surface area contributed by atoms with Crippen molar-refractivity contribution >= 4 is 11.7 Å². The third-order valence-electron chi connectivity index (χ3n) is 4.98. The van der Waals surface area contributed by atoms with Crippen LogP contribution in [-0.2, 0) is 26.4 Å². The molecule has 0 radical (unpaired) electrons. The zero-order valence-corrected chi connectivity index (χ0v) is 14.4. The fourth-order valence-corrected chi connectivity index (χ4v) is 3.50. The van der Waals surface area contributed by atoms with Gasteiger partial charge in [0.05, 0.1) is 12.2 Å². The Hall–Kier alpha value is -2.57. The van der Waals surface area contributed by atoms with Crippen molar-refractivity contribution in [2.75, 3.05) is 5.32 Å². The Morgan fingerprint density at radius 3 is 2.92 bits per heavy atom. The van der Waals surface area contributed by atoms with Crippen molar-refractivity contribution in [1.29, 1.82) is 0 Å². The number of pyridine rings is 1. The van der Waals surface area contributed by atoms with Crippen molar-refractivity contribution in [2.45, 2.75) is 51.0 Å². The number of hydrogen-bond donors (Lipinski definition) is 3. The van der Waals surface area contributed by atoms with E-state index in [2.05, 4.69) is 20.7 Å². The van der Waals surface area contributed by atoms with E-state index in [4.69, 9.17) is 0 Å². The van der Waals surface area contributed by atoms with Gasteiger partial charge in [0.2, 0.25) is 0 Å². The molecule has 2 aromatic heterocycles. The van der Waals surface area contributed by atoms with Gasteiger partial charge in [0, 0.05) is 24.4 Å². The number of hydrogen-bond acceptors (Lipinski definition) is 3. The molecule has 2 amide bonds. The topological polar surface area (TPSA) is 91.8 Å². The highest BCUT2D eigenvalue weighted by atomic mass is 16.2. The number of amides is 2. The molecule has 1 saturated carbocycles. The predicted molar refractivity (Wildman–Crippen MR) is 94.7 cm³/mol. The van der Waals surface area contributed by atoms with E-state index in [0.29, 0.717) is 18.2 Å². The van der Waals surface area contributed by atoms with Gasteiger partial charge in [-0.15, -0.1) is 0 Å². The summed E-state index contributed by atoms with van der Waals surface area (Å²) in [5.74, 6) is 0.620. The standard InChI is InChI=1S/C18H23N5O2/c1-23-16(11-6-7-11)9-13(22-23)10-19-18(25)21-15-8-12-4-2-3-5-14(12)20-17(15)24/h8-9,11H,2-7,10H2,1H3,(H,20,24)(H2,19,21,25). The van der Waals surface area contributed by atoms with Crippen molar-refractivity contribution in [3.8, 4) is 0 Å². The van der Waals surface area contributed by atoms with E-state index >= 15 is 0 Å². The van der Waals surface area contributed by atoms with Crippen LogP contribution in [0.4, 0.5) is 10.5 Å². The third-order valence-corrected chi connectivity index (χ3v) is 4.98. The fourth-order valence-electron chi connectivity index (χ4n) is 3.50. The van der Waals surface area contributed by atoms with E-state index in [1.54, 1.807) is 6.07 Å². The molecule has 2 heterocycles. The van der Waals surface area contributed by atoms with Crippen LogP contribution in [-0.4, -0.2) is 20.8 Å². The second-order valence-electron chi connectivity index (χ2n) is 6.99. The Balaban J connectivity index is 1.39. The lowest BCUT2D eigenvalue weighted by Crippen LogP contribution is -2.31. The zero-order chi connectivity index (χ0) is 17.4. The number of fused-ring (bicyclic) bond motifs is 1. The van der Waals surface area contributed by atoms with Gasteiger partial charge < -0.3 is 15.6 Å². The Labute approximate surface area is 145 Å². The van der Waals surface area contributed by atoms with E-state index in [9.17, 15) is 9.59 Å². The molecule has 3 N–H and O–H groups in total. The summed E-state index contributed by atoms with van der Waals surface area (Å²) >= 11 is 0. The molecule has 0 bridgehead atoms. The van der Waals surface area contributed by atoms with Crippen molar-refractivity contribution in [1.82, 2.24) is 20.1 Å². The molecule has 0 unspecified atom stereocenters. The van der Waals surface area contributed by atoms with Crippen molar-refractivity contribution < 1.29 is 4.79 Å². The molecule has 0 spiro atoms. The molecule has 4 rings (SSSR count). The lowest BCUT2D eigenvalue weighted by atomic mass is 9.96. The minimum atomic E-state index is -0.389. The van der Waals surface area contributed by atoms with Crippen LogP contribution in [0.15, 0.2) is 16.9 Å². The molecule has 0 aliphatic heterocycles. The smallest absolute Gasteiger partial charge is 0.319 e. The quantitative estimate of drug-likeness (QED) is 0.796. The average molecular weight is 341 g/mol. The summed E-state index contributed by atoms with van der Waals surface area (Å²) in [5.41, 5.74) is 4.24. The summed E-state index contributed by atoms with van der Waals surface area (Å²) in [5, 5.41) is 9.87. The second-order valence-corrected chi connectivity index (χ2v) is 6.99. The van der Waals surface area contributed by atoms with Crippen LogP contribution in [0.25, 0.3) is 0 Å². The van der Waals surface area contributed by atoms with Crippen molar-refractivity contribution in [3.05, 3.63) is 45.1 Å². The van der Waals surface area contributed by atoms with Gasteiger partial charge >= 0.3 is 6.03 Å². The van der Waals surface area contributed by atoms with Crippen LogP contribution in [0.5, 0.6) is 0 Å². The molecule has 7 nitrogen and oxygen atoms in total. The van der Waals surface area contributed by atoms with Crippen LogP contribution in [0.3, 0.4) is 0 Å². The van der Waals surface area contributed by atoms with Gasteiger partial charge in [-0.1, -0.05) is 0 Å². The molecule has 25 heavy (non-hydrogen) atoms. The maximum atomic E-state index is 12.1. The molecule has 132 valence electrons. The lowest BCUT2D eigenvalue weighted by Gasteiger charge is -2.16. The average Bonchev–Trinajstić information content (AvgIpc) is 3.36. The van der Waals surface area contributed by atoms with Gasteiger partial charge in [0.15, 0.2) is 0 Å². The number of nitrogens with one attached hydrogen (secondary N) is 3. The normalized spacial score (nSPS) is 16.4. The maximum Gasteiger partial charge on any atom is 0.319 e. The molecular formula is C18H23N5O2.